The van der Waals surface area contributed by atoms with Gasteiger partial charge in [-0.1, -0.05) is 41.7 Å². The lowest BCUT2D eigenvalue weighted by Gasteiger charge is -2.23. The maximum Gasteiger partial charge on any atom is 0.305 e. The number of aromatic nitrogens is 1. The number of aromatic hydroxyl groups is 1. The van der Waals surface area contributed by atoms with Gasteiger partial charge in [-0.05, 0) is 44.0 Å². The second-order valence-electron chi connectivity index (χ2n) is 8.25. The van der Waals surface area contributed by atoms with Crippen LogP contribution in [0.3, 0.4) is 0 Å². The van der Waals surface area contributed by atoms with E-state index in [0.29, 0.717) is 22.3 Å². The van der Waals surface area contributed by atoms with Gasteiger partial charge in [-0.15, -0.1) is 0 Å². The van der Waals surface area contributed by atoms with Crippen molar-refractivity contribution in [3.8, 4) is 5.75 Å². The number of hydrogen-bond acceptors (Lipinski definition) is 7. The number of phenols is 1. The van der Waals surface area contributed by atoms with E-state index in [0.717, 1.165) is 37.4 Å². The second kappa shape index (κ2) is 10.4. The molecule has 0 spiro atoms. The minimum Gasteiger partial charge on any atom is -0.506 e. The summed E-state index contributed by atoms with van der Waals surface area (Å²) < 4.78 is 6.02. The molecule has 5 N–H and O–H groups in total. The lowest BCUT2D eigenvalue weighted by atomic mass is 10.1. The molecule has 7 nitrogen and oxygen atoms in total. The Kier molecular flexibility index (Phi) is 7.85. The quantitative estimate of drug-likeness (QED) is 0.291. The highest BCUT2D eigenvalue weighted by Crippen LogP contribution is 2.31. The van der Waals surface area contributed by atoms with Gasteiger partial charge in [0.25, 0.3) is 0 Å². The summed E-state index contributed by atoms with van der Waals surface area (Å²) in [6.07, 6.45) is 0.0706. The molecule has 168 valence electrons. The van der Waals surface area contributed by atoms with Gasteiger partial charge in [-0.2, -0.15) is 0 Å². The Labute approximate surface area is 186 Å². The highest BCUT2D eigenvalue weighted by atomic mass is 32.1. The van der Waals surface area contributed by atoms with Gasteiger partial charge in [-0.25, -0.2) is 0 Å². The first-order chi connectivity index (χ1) is 14.8. The summed E-state index contributed by atoms with van der Waals surface area (Å²) in [5.74, 6) is 0.0115. The highest BCUT2D eigenvalue weighted by Gasteiger charge is 2.16. The first-order valence-corrected chi connectivity index (χ1v) is 11.2. The van der Waals surface area contributed by atoms with Crippen LogP contribution in [-0.4, -0.2) is 47.5 Å². The molecular formula is C23H31N3O4S. The Balaban J connectivity index is 1.49. The number of nitrogens with one attached hydrogen (secondary N) is 3. The van der Waals surface area contributed by atoms with Crippen molar-refractivity contribution in [1.82, 2.24) is 15.6 Å². The maximum atomic E-state index is 11.6. The Morgan fingerprint density at radius 3 is 2.74 bits per heavy atom. The second-order valence-corrected chi connectivity index (χ2v) is 9.23. The monoisotopic (exact) mass is 445 g/mol. The molecule has 0 unspecified atom stereocenters. The van der Waals surface area contributed by atoms with E-state index in [1.54, 1.807) is 13.2 Å². The summed E-state index contributed by atoms with van der Waals surface area (Å²) in [4.78, 5) is 14.0. The van der Waals surface area contributed by atoms with Crippen LogP contribution >= 0.6 is 11.3 Å². The minimum atomic E-state index is -0.769. The molecule has 0 bridgehead atoms. The third kappa shape index (κ3) is 6.38. The molecule has 0 fully saturated rings. The number of phenolic OH excluding ortho intramolecular Hbond substituents is 1. The van der Waals surface area contributed by atoms with Crippen molar-refractivity contribution in [2.24, 2.45) is 0 Å². The predicted molar refractivity (Wildman–Crippen MR) is 125 cm³/mol. The number of aliphatic hydroxyl groups excluding tert-OH is 1. The number of thiazole rings is 1. The van der Waals surface area contributed by atoms with Crippen molar-refractivity contribution in [3.63, 3.8) is 0 Å². The van der Waals surface area contributed by atoms with Crippen molar-refractivity contribution >= 4 is 21.6 Å². The molecule has 1 heterocycles. The van der Waals surface area contributed by atoms with E-state index < -0.39 is 6.10 Å². The van der Waals surface area contributed by atoms with Crippen molar-refractivity contribution in [2.75, 3.05) is 26.7 Å². The van der Waals surface area contributed by atoms with E-state index in [1.807, 2.05) is 0 Å². The van der Waals surface area contributed by atoms with E-state index in [4.69, 9.17) is 4.74 Å². The van der Waals surface area contributed by atoms with Crippen LogP contribution in [0.1, 0.15) is 36.6 Å². The molecule has 3 aromatic rings. The summed E-state index contributed by atoms with van der Waals surface area (Å²) in [6, 6.07) is 11.6. The Bertz CT molecular complexity index is 1060. The summed E-state index contributed by atoms with van der Waals surface area (Å²) in [5.41, 5.74) is 3.27. The lowest BCUT2D eigenvalue weighted by molar-refractivity contribution is 0.0230. The number of methoxy groups -OCH3 is 1. The normalized spacial score (nSPS) is 13.0. The van der Waals surface area contributed by atoms with E-state index in [2.05, 4.69) is 53.7 Å². The SMILES string of the molecule is COC(C)(C)CNCc1cccc(CCNC[C@H](O)c2ccc(O)c3[nH]c(=O)sc23)c1. The molecule has 31 heavy (non-hydrogen) atoms. The lowest BCUT2D eigenvalue weighted by Crippen LogP contribution is -2.36. The summed E-state index contributed by atoms with van der Waals surface area (Å²) in [7, 11) is 1.72. The summed E-state index contributed by atoms with van der Waals surface area (Å²) in [5, 5.41) is 27.2. The molecular weight excluding hydrogens is 414 g/mol. The number of aromatic amines is 1. The van der Waals surface area contributed by atoms with E-state index in [-0.39, 0.29) is 16.2 Å². The number of benzene rings is 2. The van der Waals surface area contributed by atoms with Crippen molar-refractivity contribution in [2.45, 2.75) is 38.5 Å². The van der Waals surface area contributed by atoms with Gasteiger partial charge in [0.15, 0.2) is 0 Å². The standard InChI is InChI=1S/C23H31N3O4S/c1-23(2,30-3)14-25-12-16-6-4-5-15(11-16)9-10-24-13-19(28)17-7-8-18(27)20-21(17)31-22(29)26-20/h4-8,11,19,24-25,27-28H,9-10,12-14H2,1-3H3,(H,26,29)/t19-/m0/s1. The smallest absolute Gasteiger partial charge is 0.305 e. The van der Waals surface area contributed by atoms with Crippen LogP contribution in [0.25, 0.3) is 10.2 Å². The number of H-pyrrole nitrogens is 1. The molecule has 0 saturated heterocycles. The van der Waals surface area contributed by atoms with Crippen LogP contribution in [-0.2, 0) is 17.7 Å². The molecule has 8 heteroatoms. The van der Waals surface area contributed by atoms with E-state index in [9.17, 15) is 15.0 Å². The van der Waals surface area contributed by atoms with Crippen molar-refractivity contribution in [1.29, 1.82) is 0 Å². The summed E-state index contributed by atoms with van der Waals surface area (Å²) in [6.45, 7) is 6.73. The number of ether oxygens (including phenoxy) is 1. The first kappa shape index (κ1) is 23.4. The summed E-state index contributed by atoms with van der Waals surface area (Å²) >= 11 is 0.995. The van der Waals surface area contributed by atoms with Gasteiger partial charge in [0.1, 0.15) is 11.3 Å². The number of fused-ring (bicyclic) bond motifs is 1. The van der Waals surface area contributed by atoms with E-state index >= 15 is 0 Å². The molecule has 0 aliphatic heterocycles. The third-order valence-electron chi connectivity index (χ3n) is 5.30. The van der Waals surface area contributed by atoms with Crippen molar-refractivity contribution < 1.29 is 14.9 Å². The van der Waals surface area contributed by atoms with Gasteiger partial charge in [-0.3, -0.25) is 4.79 Å². The molecule has 0 saturated carbocycles. The molecule has 0 aliphatic carbocycles. The topological polar surface area (TPSA) is 107 Å². The van der Waals surface area contributed by atoms with Crippen LogP contribution in [0.5, 0.6) is 5.75 Å². The van der Waals surface area contributed by atoms with Gasteiger partial charge in [0.05, 0.1) is 16.4 Å². The van der Waals surface area contributed by atoms with Crippen LogP contribution < -0.4 is 15.5 Å². The van der Waals surface area contributed by atoms with E-state index in [1.165, 1.54) is 17.2 Å². The maximum absolute atomic E-state index is 11.6. The molecule has 0 aliphatic rings. The van der Waals surface area contributed by atoms with Gasteiger partial charge < -0.3 is 30.6 Å². The average molecular weight is 446 g/mol. The molecule has 0 amide bonds. The zero-order valence-corrected chi connectivity index (χ0v) is 19.0. The number of aliphatic hydroxyl groups is 1. The fourth-order valence-electron chi connectivity index (χ4n) is 3.36. The molecule has 0 radical (unpaired) electrons. The zero-order valence-electron chi connectivity index (χ0n) is 18.2. The minimum absolute atomic E-state index is 0.0115. The average Bonchev–Trinajstić information content (AvgIpc) is 3.14. The predicted octanol–water partition coefficient (Wildman–Crippen LogP) is 2.68. The molecule has 1 aromatic heterocycles. The highest BCUT2D eigenvalue weighted by molar-refractivity contribution is 7.16. The third-order valence-corrected chi connectivity index (χ3v) is 6.23. The van der Waals surface area contributed by atoms with Crippen LogP contribution in [0, 0.1) is 0 Å². The van der Waals surface area contributed by atoms with Crippen molar-refractivity contribution in [3.05, 3.63) is 62.8 Å². The van der Waals surface area contributed by atoms with Crippen LogP contribution in [0.4, 0.5) is 0 Å². The Morgan fingerprint density at radius 2 is 1.97 bits per heavy atom. The largest absolute Gasteiger partial charge is 0.506 e. The number of hydrogen-bond donors (Lipinski definition) is 5. The fourth-order valence-corrected chi connectivity index (χ4v) is 4.28. The molecule has 3 rings (SSSR count). The van der Waals surface area contributed by atoms with Gasteiger partial charge in [0.2, 0.25) is 0 Å². The Hall–Kier alpha value is -2.23. The van der Waals surface area contributed by atoms with Crippen LogP contribution in [0.15, 0.2) is 41.2 Å². The van der Waals surface area contributed by atoms with Gasteiger partial charge >= 0.3 is 4.87 Å². The Morgan fingerprint density at radius 1 is 1.19 bits per heavy atom. The van der Waals surface area contributed by atoms with Crippen LogP contribution in [0.2, 0.25) is 0 Å². The first-order valence-electron chi connectivity index (χ1n) is 10.4. The molecule has 1 atom stereocenters. The van der Waals surface area contributed by atoms with Gasteiger partial charge in [0, 0.05) is 32.3 Å². The zero-order chi connectivity index (χ0) is 22.4. The fraction of sp³-hybridized carbons (Fsp3) is 0.435. The number of rotatable bonds is 11. The molecule has 2 aromatic carbocycles.